The number of aliphatic hydroxyl groups is 1. The van der Waals surface area contributed by atoms with E-state index in [1.165, 1.54) is 4.90 Å². The maximum atomic E-state index is 13.9. The number of piperidine rings is 1. The Hall–Kier alpha value is -1.23. The molecule has 0 bridgehead atoms. The van der Waals surface area contributed by atoms with Crippen molar-refractivity contribution in [2.45, 2.75) is 82.1 Å². The second-order valence-corrected chi connectivity index (χ2v) is 10.5. The van der Waals surface area contributed by atoms with Crippen molar-refractivity contribution in [1.82, 2.24) is 15.5 Å². The second kappa shape index (κ2) is 9.10. The maximum absolute atomic E-state index is 13.9. The smallest absolute Gasteiger partial charge is 0.280 e. The van der Waals surface area contributed by atoms with Crippen LogP contribution in [0.15, 0.2) is 0 Å². The first-order valence-electron chi connectivity index (χ1n) is 11.1. The summed E-state index contributed by atoms with van der Waals surface area (Å²) >= 11 is 0. The zero-order valence-corrected chi connectivity index (χ0v) is 18.8. The summed E-state index contributed by atoms with van der Waals surface area (Å²) in [6, 6.07) is 0. The highest BCUT2D eigenvalue weighted by Gasteiger charge is 2.64. The summed E-state index contributed by atoms with van der Waals surface area (Å²) in [5.74, 6) is -1.42. The minimum absolute atomic E-state index is 0.314. The van der Waals surface area contributed by atoms with Gasteiger partial charge in [0.15, 0.2) is 0 Å². The number of hydrogen-bond acceptors (Lipinski definition) is 7. The van der Waals surface area contributed by atoms with Crippen LogP contribution in [0.3, 0.4) is 0 Å². The molecule has 0 aromatic rings. The number of rotatable bonds is 7. The molecule has 2 atom stereocenters. The number of carbonyl (C=O) groups excluding carboxylic acids is 2. The van der Waals surface area contributed by atoms with Crippen molar-refractivity contribution in [2.24, 2.45) is 5.92 Å². The lowest BCUT2D eigenvalue weighted by molar-refractivity contribution is -0.195. The molecule has 0 aromatic heterocycles. The van der Waals surface area contributed by atoms with Gasteiger partial charge in [-0.1, -0.05) is 32.6 Å². The lowest BCUT2D eigenvalue weighted by atomic mass is 9.76. The molecule has 10 heteroatoms. The van der Waals surface area contributed by atoms with E-state index in [1.54, 1.807) is 0 Å². The molecule has 172 valence electrons. The minimum atomic E-state index is -4.14. The van der Waals surface area contributed by atoms with E-state index in [-0.39, 0.29) is 5.92 Å². The zero-order valence-electron chi connectivity index (χ0n) is 18.0. The molecule has 0 aromatic carbocycles. The molecule has 9 nitrogen and oxygen atoms in total. The number of nitrogens with zero attached hydrogens (tertiary/aromatic N) is 1. The van der Waals surface area contributed by atoms with Crippen LogP contribution in [0.5, 0.6) is 0 Å². The Labute approximate surface area is 179 Å². The third-order valence-corrected chi connectivity index (χ3v) is 7.33. The SMILES string of the molecule is CCCCN1C(=O)[C@](OS(C)(=O)=O)([C@H](O)C2CCCCC2)NC(=O)C12CCNCC2. The summed E-state index contributed by atoms with van der Waals surface area (Å²) in [7, 11) is -4.14. The van der Waals surface area contributed by atoms with Gasteiger partial charge in [-0.15, -0.1) is 0 Å². The van der Waals surface area contributed by atoms with Gasteiger partial charge in [0.2, 0.25) is 5.91 Å². The van der Waals surface area contributed by atoms with Gasteiger partial charge in [-0.05, 0) is 51.1 Å². The average molecular weight is 446 g/mol. The van der Waals surface area contributed by atoms with Gasteiger partial charge in [-0.3, -0.25) is 9.59 Å². The Morgan fingerprint density at radius 2 is 1.83 bits per heavy atom. The van der Waals surface area contributed by atoms with Gasteiger partial charge in [0.1, 0.15) is 11.6 Å². The van der Waals surface area contributed by atoms with Crippen molar-refractivity contribution in [1.29, 1.82) is 0 Å². The van der Waals surface area contributed by atoms with E-state index >= 15 is 0 Å². The molecule has 3 rings (SSSR count). The summed E-state index contributed by atoms with van der Waals surface area (Å²) in [6.07, 6.45) is 5.86. The summed E-state index contributed by atoms with van der Waals surface area (Å²) in [5, 5.41) is 17.1. The Morgan fingerprint density at radius 1 is 1.20 bits per heavy atom. The van der Waals surface area contributed by atoms with Crippen LogP contribution in [-0.2, 0) is 23.9 Å². The van der Waals surface area contributed by atoms with Crippen molar-refractivity contribution >= 4 is 21.9 Å². The van der Waals surface area contributed by atoms with Gasteiger partial charge in [0, 0.05) is 6.54 Å². The van der Waals surface area contributed by atoms with Crippen molar-refractivity contribution in [3.63, 3.8) is 0 Å². The number of amides is 2. The minimum Gasteiger partial charge on any atom is -0.387 e. The van der Waals surface area contributed by atoms with E-state index in [4.69, 9.17) is 4.18 Å². The van der Waals surface area contributed by atoms with Gasteiger partial charge < -0.3 is 20.6 Å². The van der Waals surface area contributed by atoms with E-state index in [0.29, 0.717) is 51.7 Å². The van der Waals surface area contributed by atoms with Crippen LogP contribution in [0.25, 0.3) is 0 Å². The molecule has 2 saturated heterocycles. The summed E-state index contributed by atoms with van der Waals surface area (Å²) in [6.45, 7) is 3.46. The largest absolute Gasteiger partial charge is 0.387 e. The fourth-order valence-electron chi connectivity index (χ4n) is 5.15. The van der Waals surface area contributed by atoms with Crippen LogP contribution in [0.2, 0.25) is 0 Å². The fraction of sp³-hybridized carbons (Fsp3) is 0.900. The first-order chi connectivity index (χ1) is 14.2. The lowest BCUT2D eigenvalue weighted by Gasteiger charge is -2.54. The van der Waals surface area contributed by atoms with Crippen LogP contribution >= 0.6 is 0 Å². The van der Waals surface area contributed by atoms with Crippen LogP contribution in [0.4, 0.5) is 0 Å². The number of nitrogens with one attached hydrogen (secondary N) is 2. The van der Waals surface area contributed by atoms with Crippen LogP contribution < -0.4 is 10.6 Å². The number of hydrogen-bond donors (Lipinski definition) is 3. The van der Waals surface area contributed by atoms with Crippen molar-refractivity contribution in [2.75, 3.05) is 25.9 Å². The Kier molecular flexibility index (Phi) is 7.11. The number of unbranched alkanes of at least 4 members (excludes halogenated alkanes) is 1. The molecule has 1 spiro atoms. The van der Waals surface area contributed by atoms with Gasteiger partial charge in [-0.25, -0.2) is 4.18 Å². The number of aliphatic hydroxyl groups excluding tert-OH is 1. The highest BCUT2D eigenvalue weighted by Crippen LogP contribution is 2.40. The van der Waals surface area contributed by atoms with Gasteiger partial charge in [-0.2, -0.15) is 8.42 Å². The third kappa shape index (κ3) is 4.37. The Bertz CT molecular complexity index is 746. The third-order valence-electron chi connectivity index (χ3n) is 6.76. The molecular weight excluding hydrogens is 410 g/mol. The predicted molar refractivity (Wildman–Crippen MR) is 111 cm³/mol. The Balaban J connectivity index is 2.05. The number of carbonyl (C=O) groups is 2. The molecule has 30 heavy (non-hydrogen) atoms. The second-order valence-electron chi connectivity index (χ2n) is 8.91. The molecule has 3 aliphatic rings. The van der Waals surface area contributed by atoms with E-state index in [1.807, 2.05) is 6.92 Å². The summed E-state index contributed by atoms with van der Waals surface area (Å²) < 4.78 is 29.6. The lowest BCUT2D eigenvalue weighted by Crippen LogP contribution is -2.81. The monoisotopic (exact) mass is 445 g/mol. The predicted octanol–water partition coefficient (Wildman–Crippen LogP) is 0.481. The molecular formula is C20H35N3O6S. The molecule has 2 heterocycles. The Morgan fingerprint density at radius 3 is 2.40 bits per heavy atom. The van der Waals surface area contributed by atoms with Gasteiger partial charge in [0.05, 0.1) is 6.26 Å². The molecule has 1 aliphatic carbocycles. The van der Waals surface area contributed by atoms with Crippen molar-refractivity contribution < 1.29 is 27.3 Å². The van der Waals surface area contributed by atoms with Gasteiger partial charge in [0.25, 0.3) is 21.8 Å². The molecule has 3 N–H and O–H groups in total. The molecule has 3 fully saturated rings. The normalized spacial score (nSPS) is 29.1. The molecule has 2 aliphatic heterocycles. The first-order valence-corrected chi connectivity index (χ1v) is 12.9. The van der Waals surface area contributed by atoms with Crippen LogP contribution in [-0.4, -0.2) is 73.5 Å². The molecule has 0 radical (unpaired) electrons. The van der Waals surface area contributed by atoms with E-state index < -0.39 is 39.3 Å². The number of piperazine rings is 1. The van der Waals surface area contributed by atoms with Gasteiger partial charge >= 0.3 is 0 Å². The van der Waals surface area contributed by atoms with Crippen molar-refractivity contribution in [3.8, 4) is 0 Å². The highest BCUT2D eigenvalue weighted by atomic mass is 32.2. The quantitative estimate of drug-likeness (QED) is 0.487. The summed E-state index contributed by atoms with van der Waals surface area (Å²) in [4.78, 5) is 28.8. The van der Waals surface area contributed by atoms with E-state index in [9.17, 15) is 23.1 Å². The highest BCUT2D eigenvalue weighted by molar-refractivity contribution is 7.86. The van der Waals surface area contributed by atoms with Crippen LogP contribution in [0, 0.1) is 5.92 Å². The molecule has 1 saturated carbocycles. The summed E-state index contributed by atoms with van der Waals surface area (Å²) in [5.41, 5.74) is -3.36. The van der Waals surface area contributed by atoms with E-state index in [0.717, 1.165) is 31.9 Å². The molecule has 0 unspecified atom stereocenters. The fourth-order valence-corrected chi connectivity index (χ4v) is 5.84. The first kappa shape index (κ1) is 23.4. The van der Waals surface area contributed by atoms with Crippen LogP contribution in [0.1, 0.15) is 64.7 Å². The standard InChI is InChI=1S/C20H35N3O6S/c1-3-4-14-23-18(26)20(29-30(2,27)28,16(24)15-8-6-5-7-9-15)22-17(25)19(23)10-12-21-13-11-19/h15-16,21,24H,3-14H2,1-2H3,(H,22,25)/t16-,20-/m1/s1. The zero-order chi connectivity index (χ0) is 22.0. The molecule has 2 amide bonds. The van der Waals surface area contributed by atoms with Crippen molar-refractivity contribution in [3.05, 3.63) is 0 Å². The van der Waals surface area contributed by atoms with E-state index in [2.05, 4.69) is 10.6 Å². The average Bonchev–Trinajstić information content (AvgIpc) is 2.72. The topological polar surface area (TPSA) is 125 Å². The maximum Gasteiger partial charge on any atom is 0.280 e.